The number of carbonyl (C=O) groups excluding carboxylic acids is 1. The predicted molar refractivity (Wildman–Crippen MR) is 108 cm³/mol. The molecule has 5 heteroatoms. The number of hydrogen-bond acceptors (Lipinski definition) is 4. The molecule has 140 valence electrons. The summed E-state index contributed by atoms with van der Waals surface area (Å²) < 4.78 is 5.78. The van der Waals surface area contributed by atoms with Gasteiger partial charge in [0.25, 0.3) is 5.91 Å². The Morgan fingerprint density at radius 2 is 1.96 bits per heavy atom. The van der Waals surface area contributed by atoms with E-state index in [9.17, 15) is 4.79 Å². The second kappa shape index (κ2) is 9.19. The minimum absolute atomic E-state index is 0.113. The van der Waals surface area contributed by atoms with Crippen LogP contribution in [0.3, 0.4) is 0 Å². The van der Waals surface area contributed by atoms with Crippen LogP contribution >= 0.6 is 11.3 Å². The molecule has 1 aromatic carbocycles. The molecular weight excluding hydrogens is 344 g/mol. The number of thiophene rings is 1. The Labute approximate surface area is 160 Å². The summed E-state index contributed by atoms with van der Waals surface area (Å²) in [6, 6.07) is 12.2. The molecular formula is C21H28N2O2S. The minimum Gasteiger partial charge on any atom is -0.492 e. The molecule has 0 spiro atoms. The Bertz CT molecular complexity index is 706. The van der Waals surface area contributed by atoms with Crippen molar-refractivity contribution < 1.29 is 9.53 Å². The van der Waals surface area contributed by atoms with Gasteiger partial charge in [0.1, 0.15) is 10.6 Å². The first-order valence-electron chi connectivity index (χ1n) is 9.55. The van der Waals surface area contributed by atoms with Crippen molar-refractivity contribution in [1.82, 2.24) is 10.2 Å². The van der Waals surface area contributed by atoms with Crippen molar-refractivity contribution >= 4 is 17.2 Å². The largest absolute Gasteiger partial charge is 0.492 e. The topological polar surface area (TPSA) is 41.6 Å². The van der Waals surface area contributed by atoms with Gasteiger partial charge in [0.2, 0.25) is 0 Å². The maximum atomic E-state index is 13.1. The second-order valence-corrected chi connectivity index (χ2v) is 7.70. The molecule has 2 heterocycles. The maximum Gasteiger partial charge on any atom is 0.267 e. The van der Waals surface area contributed by atoms with Gasteiger partial charge < -0.3 is 15.0 Å². The molecule has 1 aromatic heterocycles. The fourth-order valence-corrected chi connectivity index (χ4v) is 4.44. The molecule has 3 rings (SSSR count). The molecule has 4 nitrogen and oxygen atoms in total. The van der Waals surface area contributed by atoms with Crippen LogP contribution in [-0.4, -0.2) is 43.6 Å². The normalized spacial score (nSPS) is 15.2. The molecule has 1 fully saturated rings. The predicted octanol–water partition coefficient (Wildman–Crippen LogP) is 4.28. The highest BCUT2D eigenvalue weighted by atomic mass is 32.1. The molecule has 1 saturated heterocycles. The second-order valence-electron chi connectivity index (χ2n) is 6.65. The molecule has 1 amide bonds. The Morgan fingerprint density at radius 1 is 1.23 bits per heavy atom. The van der Waals surface area contributed by atoms with Gasteiger partial charge in [0, 0.05) is 18.0 Å². The van der Waals surface area contributed by atoms with E-state index in [1.54, 1.807) is 11.3 Å². The lowest BCUT2D eigenvalue weighted by Crippen LogP contribution is -2.40. The van der Waals surface area contributed by atoms with E-state index >= 15 is 0 Å². The summed E-state index contributed by atoms with van der Waals surface area (Å²) in [6.07, 6.45) is 2.14. The minimum atomic E-state index is 0.113. The maximum absolute atomic E-state index is 13.1. The number of carbonyl (C=O) groups is 1. The highest BCUT2D eigenvalue weighted by Gasteiger charge is 2.27. The number of likely N-dealkylation sites (tertiary alicyclic amines) is 1. The SMILES string of the molecule is CCNCC1CCN(C(=O)c2sc(-c3ccccc3)cc2OCC)CC1. The summed E-state index contributed by atoms with van der Waals surface area (Å²) in [5.74, 6) is 1.51. The summed E-state index contributed by atoms with van der Waals surface area (Å²) >= 11 is 1.54. The van der Waals surface area contributed by atoms with E-state index in [1.807, 2.05) is 36.1 Å². The first-order valence-corrected chi connectivity index (χ1v) is 10.4. The van der Waals surface area contributed by atoms with Crippen molar-refractivity contribution in [2.75, 3.05) is 32.8 Å². The molecule has 2 aromatic rings. The van der Waals surface area contributed by atoms with Crippen LogP contribution in [0.15, 0.2) is 36.4 Å². The Kier molecular flexibility index (Phi) is 6.69. The molecule has 0 aliphatic carbocycles. The van der Waals surface area contributed by atoms with Crippen LogP contribution in [0.25, 0.3) is 10.4 Å². The number of amides is 1. The zero-order valence-electron chi connectivity index (χ0n) is 15.7. The highest BCUT2D eigenvalue weighted by molar-refractivity contribution is 7.17. The van der Waals surface area contributed by atoms with Crippen molar-refractivity contribution in [3.05, 3.63) is 41.3 Å². The molecule has 0 bridgehead atoms. The molecule has 0 atom stereocenters. The van der Waals surface area contributed by atoms with Gasteiger partial charge in [-0.1, -0.05) is 37.3 Å². The lowest BCUT2D eigenvalue weighted by atomic mass is 9.96. The van der Waals surface area contributed by atoms with Crippen LogP contribution in [0.4, 0.5) is 0 Å². The van der Waals surface area contributed by atoms with Crippen molar-refractivity contribution in [1.29, 1.82) is 0 Å². The van der Waals surface area contributed by atoms with Crippen molar-refractivity contribution in [3.8, 4) is 16.2 Å². The monoisotopic (exact) mass is 372 g/mol. The first kappa shape index (κ1) is 18.9. The van der Waals surface area contributed by atoms with Gasteiger partial charge in [0.05, 0.1) is 6.61 Å². The Morgan fingerprint density at radius 3 is 2.62 bits per heavy atom. The smallest absolute Gasteiger partial charge is 0.267 e. The average Bonchev–Trinajstić information content (AvgIpc) is 3.11. The summed E-state index contributed by atoms with van der Waals surface area (Å²) in [4.78, 5) is 16.9. The van der Waals surface area contributed by atoms with Crippen LogP contribution in [0.2, 0.25) is 0 Å². The molecule has 1 aliphatic rings. The Balaban J connectivity index is 1.73. The molecule has 0 radical (unpaired) electrons. The van der Waals surface area contributed by atoms with E-state index in [0.717, 1.165) is 60.1 Å². The van der Waals surface area contributed by atoms with E-state index in [2.05, 4.69) is 24.4 Å². The third-order valence-corrected chi connectivity index (χ3v) is 5.99. The molecule has 26 heavy (non-hydrogen) atoms. The van der Waals surface area contributed by atoms with Crippen molar-refractivity contribution in [3.63, 3.8) is 0 Å². The number of nitrogens with one attached hydrogen (secondary N) is 1. The number of nitrogens with zero attached hydrogens (tertiary/aromatic N) is 1. The number of benzene rings is 1. The number of piperidine rings is 1. The summed E-state index contributed by atoms with van der Waals surface area (Å²) in [6.45, 7) is 8.39. The van der Waals surface area contributed by atoms with E-state index in [1.165, 1.54) is 0 Å². The fraction of sp³-hybridized carbons (Fsp3) is 0.476. The number of rotatable bonds is 7. The van der Waals surface area contributed by atoms with E-state index in [4.69, 9.17) is 4.74 Å². The van der Waals surface area contributed by atoms with Crippen LogP contribution in [-0.2, 0) is 0 Å². The number of hydrogen-bond donors (Lipinski definition) is 1. The summed E-state index contributed by atoms with van der Waals surface area (Å²) in [7, 11) is 0. The van der Waals surface area contributed by atoms with Gasteiger partial charge in [-0.2, -0.15) is 0 Å². The van der Waals surface area contributed by atoms with Gasteiger partial charge in [-0.05, 0) is 50.4 Å². The highest BCUT2D eigenvalue weighted by Crippen LogP contribution is 2.37. The van der Waals surface area contributed by atoms with E-state index in [0.29, 0.717) is 12.5 Å². The van der Waals surface area contributed by atoms with Crippen molar-refractivity contribution in [2.45, 2.75) is 26.7 Å². The van der Waals surface area contributed by atoms with Crippen LogP contribution in [0, 0.1) is 5.92 Å². The van der Waals surface area contributed by atoms with E-state index in [-0.39, 0.29) is 5.91 Å². The van der Waals surface area contributed by atoms with Crippen LogP contribution in [0.1, 0.15) is 36.4 Å². The van der Waals surface area contributed by atoms with Gasteiger partial charge in [-0.3, -0.25) is 4.79 Å². The first-order chi connectivity index (χ1) is 12.7. The van der Waals surface area contributed by atoms with Gasteiger partial charge in [-0.25, -0.2) is 0 Å². The summed E-state index contributed by atoms with van der Waals surface area (Å²) in [5, 5.41) is 3.42. The van der Waals surface area contributed by atoms with Gasteiger partial charge in [-0.15, -0.1) is 11.3 Å². The van der Waals surface area contributed by atoms with Crippen LogP contribution < -0.4 is 10.1 Å². The Hall–Kier alpha value is -1.85. The third kappa shape index (κ3) is 4.46. The molecule has 1 aliphatic heterocycles. The quantitative estimate of drug-likeness (QED) is 0.789. The molecule has 0 saturated carbocycles. The van der Waals surface area contributed by atoms with Crippen molar-refractivity contribution in [2.24, 2.45) is 5.92 Å². The van der Waals surface area contributed by atoms with Crippen LogP contribution in [0.5, 0.6) is 5.75 Å². The van der Waals surface area contributed by atoms with E-state index < -0.39 is 0 Å². The summed E-state index contributed by atoms with van der Waals surface area (Å²) in [5.41, 5.74) is 1.13. The third-order valence-electron chi connectivity index (χ3n) is 4.84. The zero-order valence-corrected chi connectivity index (χ0v) is 16.5. The molecule has 1 N–H and O–H groups in total. The zero-order chi connectivity index (χ0) is 18.4. The molecule has 0 unspecified atom stereocenters. The van der Waals surface area contributed by atoms with Gasteiger partial charge in [0.15, 0.2) is 0 Å². The fourth-order valence-electron chi connectivity index (χ4n) is 3.36. The lowest BCUT2D eigenvalue weighted by molar-refractivity contribution is 0.0691. The average molecular weight is 373 g/mol. The standard InChI is InChI=1S/C21H28N2O2S/c1-3-22-15-16-10-12-23(13-11-16)21(24)20-18(25-4-2)14-19(26-20)17-8-6-5-7-9-17/h5-9,14,16,22H,3-4,10-13,15H2,1-2H3. The lowest BCUT2D eigenvalue weighted by Gasteiger charge is -2.32. The van der Waals surface area contributed by atoms with Gasteiger partial charge >= 0.3 is 0 Å². The number of ether oxygens (including phenoxy) is 1.